The second-order valence-electron chi connectivity index (χ2n) is 6.52. The summed E-state index contributed by atoms with van der Waals surface area (Å²) in [6, 6.07) is 0.497. The highest BCUT2D eigenvalue weighted by molar-refractivity contribution is 6.33. The molecule has 6 heteroatoms. The molecule has 120 valence electrons. The van der Waals surface area contributed by atoms with Gasteiger partial charge < -0.3 is 4.90 Å². The van der Waals surface area contributed by atoms with E-state index in [2.05, 4.69) is 14.9 Å². The Balaban J connectivity index is 1.82. The van der Waals surface area contributed by atoms with Gasteiger partial charge in [0.25, 0.3) is 5.91 Å². The van der Waals surface area contributed by atoms with Gasteiger partial charge in [0.05, 0.1) is 11.2 Å². The average molecular weight is 323 g/mol. The van der Waals surface area contributed by atoms with Gasteiger partial charge in [0.15, 0.2) is 5.69 Å². The third kappa shape index (κ3) is 3.10. The van der Waals surface area contributed by atoms with Gasteiger partial charge in [0.2, 0.25) is 0 Å². The van der Waals surface area contributed by atoms with E-state index < -0.39 is 0 Å². The van der Waals surface area contributed by atoms with Crippen molar-refractivity contribution in [1.82, 2.24) is 19.8 Å². The van der Waals surface area contributed by atoms with E-state index in [1.807, 2.05) is 18.7 Å². The monoisotopic (exact) mass is 322 g/mol. The molecule has 2 aliphatic rings. The van der Waals surface area contributed by atoms with Crippen molar-refractivity contribution in [3.05, 3.63) is 22.7 Å². The summed E-state index contributed by atoms with van der Waals surface area (Å²) >= 11 is 6.18. The highest BCUT2D eigenvalue weighted by atomic mass is 35.5. The maximum atomic E-state index is 12.9. The van der Waals surface area contributed by atoms with Crippen molar-refractivity contribution in [3.8, 4) is 0 Å². The topological polar surface area (TPSA) is 49.3 Å². The summed E-state index contributed by atoms with van der Waals surface area (Å²) in [6.07, 6.45) is 4.98. The first-order valence-corrected chi connectivity index (χ1v) is 8.50. The molecule has 2 aliphatic heterocycles. The van der Waals surface area contributed by atoms with Crippen LogP contribution in [0, 0.1) is 0 Å². The average Bonchev–Trinajstić information content (AvgIpc) is 2.84. The predicted molar refractivity (Wildman–Crippen MR) is 86.2 cm³/mol. The Labute approximate surface area is 136 Å². The van der Waals surface area contributed by atoms with Gasteiger partial charge in [-0.05, 0) is 25.8 Å². The van der Waals surface area contributed by atoms with Crippen molar-refractivity contribution in [1.29, 1.82) is 0 Å². The standard InChI is InChI=1S/C16H23ClN4O/c1-11(2)15-18-9-13(17)14(19-15)16(22)21-8-4-7-20-6-3-5-12(20)10-21/h9,11-12H,3-8,10H2,1-2H3/t12-/m0/s1. The Kier molecular flexibility index (Phi) is 4.64. The largest absolute Gasteiger partial charge is 0.336 e. The Morgan fingerprint density at radius 3 is 2.86 bits per heavy atom. The van der Waals surface area contributed by atoms with Gasteiger partial charge in [-0.15, -0.1) is 0 Å². The quantitative estimate of drug-likeness (QED) is 0.839. The second kappa shape index (κ2) is 6.50. The maximum absolute atomic E-state index is 12.9. The third-order valence-electron chi connectivity index (χ3n) is 4.57. The fourth-order valence-electron chi connectivity index (χ4n) is 3.35. The van der Waals surface area contributed by atoms with Crippen molar-refractivity contribution < 1.29 is 4.79 Å². The molecule has 1 atom stereocenters. The van der Waals surface area contributed by atoms with Crippen LogP contribution in [0.2, 0.25) is 5.02 Å². The fraction of sp³-hybridized carbons (Fsp3) is 0.688. The number of amides is 1. The summed E-state index contributed by atoms with van der Waals surface area (Å²) in [6.45, 7) is 7.85. The van der Waals surface area contributed by atoms with Gasteiger partial charge in [-0.1, -0.05) is 25.4 Å². The van der Waals surface area contributed by atoms with Gasteiger partial charge in [-0.3, -0.25) is 9.69 Å². The minimum absolute atomic E-state index is 0.0527. The van der Waals surface area contributed by atoms with Crippen LogP contribution in [-0.4, -0.2) is 57.9 Å². The summed E-state index contributed by atoms with van der Waals surface area (Å²) in [5.41, 5.74) is 0.354. The fourth-order valence-corrected chi connectivity index (χ4v) is 3.52. The Morgan fingerprint density at radius 2 is 2.09 bits per heavy atom. The maximum Gasteiger partial charge on any atom is 0.274 e. The van der Waals surface area contributed by atoms with Crippen LogP contribution in [0.1, 0.15) is 55.3 Å². The number of fused-ring (bicyclic) bond motifs is 1. The van der Waals surface area contributed by atoms with Crippen LogP contribution in [0.15, 0.2) is 6.20 Å². The number of halogens is 1. The number of hydrogen-bond acceptors (Lipinski definition) is 4. The SMILES string of the molecule is CC(C)c1ncc(Cl)c(C(=O)N2CCCN3CCC[C@H]3C2)n1. The van der Waals surface area contributed by atoms with Crippen molar-refractivity contribution in [2.24, 2.45) is 0 Å². The molecule has 1 aromatic rings. The summed E-state index contributed by atoms with van der Waals surface area (Å²) in [5.74, 6) is 0.798. The number of nitrogens with zero attached hydrogens (tertiary/aromatic N) is 4. The molecule has 5 nitrogen and oxygen atoms in total. The number of carbonyl (C=O) groups is 1. The first-order chi connectivity index (χ1) is 10.6. The van der Waals surface area contributed by atoms with Gasteiger partial charge in [-0.2, -0.15) is 0 Å². The Bertz CT molecular complexity index is 563. The zero-order valence-electron chi connectivity index (χ0n) is 13.3. The molecule has 22 heavy (non-hydrogen) atoms. The normalized spacial score (nSPS) is 22.7. The molecule has 0 saturated carbocycles. The third-order valence-corrected chi connectivity index (χ3v) is 4.85. The zero-order chi connectivity index (χ0) is 15.7. The second-order valence-corrected chi connectivity index (χ2v) is 6.92. The van der Waals surface area contributed by atoms with Gasteiger partial charge >= 0.3 is 0 Å². The van der Waals surface area contributed by atoms with E-state index >= 15 is 0 Å². The smallest absolute Gasteiger partial charge is 0.274 e. The predicted octanol–water partition coefficient (Wildman–Crippen LogP) is 2.56. The van der Waals surface area contributed by atoms with Crippen LogP contribution in [0.5, 0.6) is 0 Å². The van der Waals surface area contributed by atoms with E-state index in [1.54, 1.807) is 6.20 Å². The first-order valence-electron chi connectivity index (χ1n) is 8.12. The van der Waals surface area contributed by atoms with Crippen LogP contribution in [0.3, 0.4) is 0 Å². The van der Waals surface area contributed by atoms with E-state index in [-0.39, 0.29) is 11.8 Å². The minimum atomic E-state index is -0.0527. The molecular weight excluding hydrogens is 300 g/mol. The molecular formula is C16H23ClN4O. The van der Waals surface area contributed by atoms with E-state index in [0.29, 0.717) is 22.6 Å². The Hall–Kier alpha value is -1.20. The highest BCUT2D eigenvalue weighted by Gasteiger charge is 2.32. The molecule has 0 unspecified atom stereocenters. The van der Waals surface area contributed by atoms with Crippen molar-refractivity contribution in [2.75, 3.05) is 26.2 Å². The van der Waals surface area contributed by atoms with Crippen molar-refractivity contribution in [2.45, 2.75) is 45.1 Å². The van der Waals surface area contributed by atoms with E-state index in [0.717, 1.165) is 26.1 Å². The van der Waals surface area contributed by atoms with Crippen LogP contribution in [-0.2, 0) is 0 Å². The molecule has 0 N–H and O–H groups in total. The highest BCUT2D eigenvalue weighted by Crippen LogP contribution is 2.24. The summed E-state index contributed by atoms with van der Waals surface area (Å²) < 4.78 is 0. The van der Waals surface area contributed by atoms with E-state index in [4.69, 9.17) is 11.6 Å². The van der Waals surface area contributed by atoms with Gasteiger partial charge in [0.1, 0.15) is 5.82 Å². The molecule has 0 aliphatic carbocycles. The molecule has 2 fully saturated rings. The molecule has 1 aromatic heterocycles. The van der Waals surface area contributed by atoms with Crippen LogP contribution >= 0.6 is 11.6 Å². The Morgan fingerprint density at radius 1 is 1.32 bits per heavy atom. The van der Waals surface area contributed by atoms with Gasteiger partial charge in [-0.25, -0.2) is 9.97 Å². The number of rotatable bonds is 2. The number of carbonyl (C=O) groups excluding carboxylic acids is 1. The summed E-state index contributed by atoms with van der Waals surface area (Å²) in [4.78, 5) is 25.9. The zero-order valence-corrected chi connectivity index (χ0v) is 14.0. The van der Waals surface area contributed by atoms with Crippen molar-refractivity contribution in [3.63, 3.8) is 0 Å². The van der Waals surface area contributed by atoms with Crippen LogP contribution in [0.4, 0.5) is 0 Å². The summed E-state index contributed by atoms with van der Waals surface area (Å²) in [7, 11) is 0. The first kappa shape index (κ1) is 15.7. The molecule has 3 heterocycles. The molecule has 0 bridgehead atoms. The van der Waals surface area contributed by atoms with Crippen molar-refractivity contribution >= 4 is 17.5 Å². The molecule has 0 radical (unpaired) electrons. The van der Waals surface area contributed by atoms with Gasteiger partial charge in [0, 0.05) is 31.6 Å². The number of hydrogen-bond donors (Lipinski definition) is 0. The molecule has 1 amide bonds. The lowest BCUT2D eigenvalue weighted by Gasteiger charge is -2.25. The lowest BCUT2D eigenvalue weighted by molar-refractivity contribution is 0.0737. The number of aromatic nitrogens is 2. The van der Waals surface area contributed by atoms with E-state index in [9.17, 15) is 4.79 Å². The lowest BCUT2D eigenvalue weighted by Crippen LogP contribution is -2.40. The molecule has 3 rings (SSSR count). The van der Waals surface area contributed by atoms with Crippen LogP contribution in [0.25, 0.3) is 0 Å². The molecule has 0 aromatic carbocycles. The lowest BCUT2D eigenvalue weighted by atomic mass is 10.2. The van der Waals surface area contributed by atoms with Crippen LogP contribution < -0.4 is 0 Å². The minimum Gasteiger partial charge on any atom is -0.336 e. The molecule has 0 spiro atoms. The summed E-state index contributed by atoms with van der Waals surface area (Å²) in [5, 5.41) is 0.349. The molecule has 2 saturated heterocycles. The van der Waals surface area contributed by atoms with E-state index in [1.165, 1.54) is 19.4 Å².